The highest BCUT2D eigenvalue weighted by atomic mass is 32.1. The van der Waals surface area contributed by atoms with Crippen LogP contribution in [0.4, 0.5) is 0 Å². The van der Waals surface area contributed by atoms with E-state index in [9.17, 15) is 0 Å². The quantitative estimate of drug-likeness (QED) is 0.393. The zero-order valence-electron chi connectivity index (χ0n) is 14.9. The van der Waals surface area contributed by atoms with E-state index in [1.807, 2.05) is 32.2 Å². The Labute approximate surface area is 147 Å². The zero-order valence-corrected chi connectivity index (χ0v) is 15.7. The van der Waals surface area contributed by atoms with Crippen molar-refractivity contribution in [2.24, 2.45) is 0 Å². The van der Waals surface area contributed by atoms with Crippen LogP contribution in [0.2, 0.25) is 0 Å². The second-order valence-electron chi connectivity index (χ2n) is 5.49. The van der Waals surface area contributed by atoms with Crippen LogP contribution in [0, 0.1) is 6.92 Å². The van der Waals surface area contributed by atoms with Crippen molar-refractivity contribution >= 4 is 32.5 Å². The summed E-state index contributed by atoms with van der Waals surface area (Å²) in [6, 6.07) is 8.10. The zero-order chi connectivity index (χ0) is 17.5. The maximum atomic E-state index is 5.57. The van der Waals surface area contributed by atoms with Gasteiger partial charge < -0.3 is 4.42 Å². The van der Waals surface area contributed by atoms with Gasteiger partial charge in [0.05, 0.1) is 16.4 Å². The Morgan fingerprint density at radius 3 is 2.58 bits per heavy atom. The summed E-state index contributed by atoms with van der Waals surface area (Å²) in [5.74, 6) is 1.47. The lowest BCUT2D eigenvalue weighted by Gasteiger charge is -1.95. The molecule has 0 N–H and O–H groups in total. The van der Waals surface area contributed by atoms with Gasteiger partial charge in [-0.15, -0.1) is 11.3 Å². The van der Waals surface area contributed by atoms with Gasteiger partial charge in [-0.25, -0.2) is 0 Å². The molecule has 0 saturated carbocycles. The average Bonchev–Trinajstić information content (AvgIpc) is 3.22. The normalized spacial score (nSPS) is 10.2. The van der Waals surface area contributed by atoms with Crippen LogP contribution < -0.4 is 0 Å². The number of fused-ring (bicyclic) bond motifs is 2. The summed E-state index contributed by atoms with van der Waals surface area (Å²) in [4.78, 5) is 8.24. The lowest BCUT2D eigenvalue weighted by Crippen LogP contribution is -1.79. The van der Waals surface area contributed by atoms with Gasteiger partial charge in [-0.1, -0.05) is 27.7 Å². The topological polar surface area (TPSA) is 38.9 Å². The smallest absolute Gasteiger partial charge is 0.152 e. The number of nitrogens with zero attached hydrogens (tertiary/aromatic N) is 2. The average molecular weight is 340 g/mol. The maximum Gasteiger partial charge on any atom is 0.152 e. The number of pyridine rings is 2. The van der Waals surface area contributed by atoms with Crippen LogP contribution in [0.25, 0.3) is 21.2 Å². The summed E-state index contributed by atoms with van der Waals surface area (Å²) in [6.45, 7) is 10.3. The van der Waals surface area contributed by atoms with Gasteiger partial charge in [0.15, 0.2) is 5.58 Å². The van der Waals surface area contributed by atoms with Gasteiger partial charge in [0.25, 0.3) is 0 Å². The van der Waals surface area contributed by atoms with Gasteiger partial charge >= 0.3 is 0 Å². The standard InChI is InChI=1S/C10H11NO.C8H7NS.C2H6/c1-7(2)9-5-8-3-4-11-6-10(8)12-9;1-6-5-10-7-3-2-4-9-8(6)7;1-2/h3-7H,1-2H3;2-5H,1H3;1-2H3. The van der Waals surface area contributed by atoms with E-state index in [0.717, 1.165) is 22.2 Å². The fourth-order valence-electron chi connectivity index (χ4n) is 2.18. The third kappa shape index (κ3) is 4.20. The third-order valence-corrected chi connectivity index (χ3v) is 4.47. The molecule has 0 bridgehead atoms. The van der Waals surface area contributed by atoms with Crippen molar-refractivity contribution in [2.75, 3.05) is 0 Å². The van der Waals surface area contributed by atoms with Gasteiger partial charge in [0, 0.05) is 23.7 Å². The molecule has 126 valence electrons. The summed E-state index contributed by atoms with van der Waals surface area (Å²) in [5, 5.41) is 3.27. The van der Waals surface area contributed by atoms with Gasteiger partial charge in [-0.2, -0.15) is 0 Å². The second kappa shape index (κ2) is 8.60. The molecule has 0 aliphatic rings. The number of aryl methyl sites for hydroxylation is 1. The minimum absolute atomic E-state index is 0.442. The molecule has 0 saturated heterocycles. The predicted molar refractivity (Wildman–Crippen MR) is 104 cm³/mol. The first kappa shape index (κ1) is 18.1. The molecule has 0 radical (unpaired) electrons. The molecule has 4 heteroatoms. The molecular weight excluding hydrogens is 316 g/mol. The second-order valence-corrected chi connectivity index (χ2v) is 6.40. The van der Waals surface area contributed by atoms with E-state index in [1.165, 1.54) is 10.3 Å². The molecule has 4 rings (SSSR count). The SMILES string of the molecule is CC.CC(C)c1cc2ccncc2o1.Cc1csc2cccnc12. The highest BCUT2D eigenvalue weighted by Crippen LogP contribution is 2.23. The number of rotatable bonds is 1. The molecule has 0 unspecified atom stereocenters. The predicted octanol–water partition coefficient (Wildman–Crippen LogP) is 6.58. The van der Waals surface area contributed by atoms with E-state index in [0.29, 0.717) is 5.92 Å². The molecule has 4 aromatic rings. The molecule has 0 aliphatic carbocycles. The molecule has 0 fully saturated rings. The minimum Gasteiger partial charge on any atom is -0.459 e. The fraction of sp³-hybridized carbons (Fsp3) is 0.300. The van der Waals surface area contributed by atoms with Crippen molar-refractivity contribution in [1.29, 1.82) is 0 Å². The Kier molecular flexibility index (Phi) is 6.50. The van der Waals surface area contributed by atoms with Crippen molar-refractivity contribution in [3.05, 3.63) is 59.6 Å². The monoisotopic (exact) mass is 340 g/mol. The van der Waals surface area contributed by atoms with Gasteiger partial charge in [0.2, 0.25) is 0 Å². The van der Waals surface area contributed by atoms with Crippen LogP contribution in [-0.2, 0) is 0 Å². The van der Waals surface area contributed by atoms with Crippen LogP contribution in [0.1, 0.15) is 44.9 Å². The number of hydrogen-bond acceptors (Lipinski definition) is 4. The van der Waals surface area contributed by atoms with Crippen LogP contribution in [0.3, 0.4) is 0 Å². The first-order valence-corrected chi connectivity index (χ1v) is 9.15. The van der Waals surface area contributed by atoms with Crippen LogP contribution in [-0.4, -0.2) is 9.97 Å². The van der Waals surface area contributed by atoms with Gasteiger partial charge in [-0.3, -0.25) is 9.97 Å². The molecular formula is C20H24N2OS. The van der Waals surface area contributed by atoms with E-state index in [4.69, 9.17) is 4.42 Å². The molecule has 0 spiro atoms. The molecule has 0 atom stereocenters. The third-order valence-electron chi connectivity index (χ3n) is 3.42. The summed E-state index contributed by atoms with van der Waals surface area (Å²) < 4.78 is 6.84. The Balaban J connectivity index is 0.000000160. The number of thiophene rings is 1. The highest BCUT2D eigenvalue weighted by Gasteiger charge is 2.05. The molecule has 24 heavy (non-hydrogen) atoms. The van der Waals surface area contributed by atoms with E-state index in [1.54, 1.807) is 23.7 Å². The van der Waals surface area contributed by atoms with Crippen LogP contribution >= 0.6 is 11.3 Å². The first-order valence-electron chi connectivity index (χ1n) is 8.27. The van der Waals surface area contributed by atoms with Gasteiger partial charge in [-0.05, 0) is 42.1 Å². The highest BCUT2D eigenvalue weighted by molar-refractivity contribution is 7.17. The Morgan fingerprint density at radius 1 is 1.12 bits per heavy atom. The lowest BCUT2D eigenvalue weighted by molar-refractivity contribution is 0.521. The van der Waals surface area contributed by atoms with Gasteiger partial charge in [0.1, 0.15) is 5.76 Å². The molecule has 0 aliphatic heterocycles. The Hall–Kier alpha value is -2.20. The van der Waals surface area contributed by atoms with E-state index in [-0.39, 0.29) is 0 Å². The summed E-state index contributed by atoms with van der Waals surface area (Å²) in [6.07, 6.45) is 5.37. The summed E-state index contributed by atoms with van der Waals surface area (Å²) >= 11 is 1.75. The first-order chi connectivity index (χ1) is 11.6. The molecule has 4 aromatic heterocycles. The van der Waals surface area contributed by atoms with E-state index in [2.05, 4.69) is 48.3 Å². The number of furan rings is 1. The fourth-order valence-corrected chi connectivity index (χ4v) is 3.08. The van der Waals surface area contributed by atoms with Crippen molar-refractivity contribution in [3.63, 3.8) is 0 Å². The number of aromatic nitrogens is 2. The summed E-state index contributed by atoms with van der Waals surface area (Å²) in [7, 11) is 0. The van der Waals surface area contributed by atoms with Crippen molar-refractivity contribution in [2.45, 2.75) is 40.5 Å². The van der Waals surface area contributed by atoms with Crippen molar-refractivity contribution in [3.8, 4) is 0 Å². The number of hydrogen-bond donors (Lipinski definition) is 0. The molecule has 0 aromatic carbocycles. The lowest BCUT2D eigenvalue weighted by atomic mass is 10.1. The largest absolute Gasteiger partial charge is 0.459 e. The van der Waals surface area contributed by atoms with E-state index < -0.39 is 0 Å². The minimum atomic E-state index is 0.442. The van der Waals surface area contributed by atoms with Crippen LogP contribution in [0.15, 0.2) is 52.7 Å². The van der Waals surface area contributed by atoms with Crippen LogP contribution in [0.5, 0.6) is 0 Å². The maximum absolute atomic E-state index is 5.57. The van der Waals surface area contributed by atoms with Crippen molar-refractivity contribution < 1.29 is 4.42 Å². The van der Waals surface area contributed by atoms with E-state index >= 15 is 0 Å². The Bertz CT molecular complexity index is 860. The van der Waals surface area contributed by atoms with Crippen molar-refractivity contribution in [1.82, 2.24) is 9.97 Å². The molecule has 4 heterocycles. The Morgan fingerprint density at radius 2 is 1.92 bits per heavy atom. The molecule has 3 nitrogen and oxygen atoms in total. The molecule has 0 amide bonds. The summed E-state index contributed by atoms with van der Waals surface area (Å²) in [5.41, 5.74) is 3.30.